The third-order valence-corrected chi connectivity index (χ3v) is 6.44. The van der Waals surface area contributed by atoms with Crippen molar-refractivity contribution in [2.45, 2.75) is 50.6 Å². The Kier molecular flexibility index (Phi) is 5.94. The molecule has 1 aliphatic carbocycles. The lowest BCUT2D eigenvalue weighted by Crippen LogP contribution is -2.53. The Morgan fingerprint density at radius 1 is 1.09 bits per heavy atom. The molecule has 0 spiro atoms. The van der Waals surface area contributed by atoms with Crippen LogP contribution in [0, 0.1) is 0 Å². The maximum atomic E-state index is 14.0. The van der Waals surface area contributed by atoms with Crippen molar-refractivity contribution >= 4 is 11.9 Å². The van der Waals surface area contributed by atoms with Gasteiger partial charge in [0.1, 0.15) is 12.2 Å². The summed E-state index contributed by atoms with van der Waals surface area (Å²) in [5.74, 6) is -0.275. The number of hydrogen-bond donors (Lipinski definition) is 1. The molecule has 2 aromatic heterocycles. The zero-order valence-electron chi connectivity index (χ0n) is 17.9. The van der Waals surface area contributed by atoms with E-state index >= 15 is 0 Å². The average molecular weight is 467 g/mol. The van der Waals surface area contributed by atoms with Crippen LogP contribution in [-0.4, -0.2) is 75.7 Å². The smallest absolute Gasteiger partial charge is 0.280 e. The van der Waals surface area contributed by atoms with Crippen molar-refractivity contribution in [3.8, 4) is 11.3 Å². The van der Waals surface area contributed by atoms with Crippen LogP contribution in [0.25, 0.3) is 11.3 Å². The number of alkyl halides is 4. The molecule has 0 aromatic carbocycles. The number of nitrogens with zero attached hydrogens (tertiary/aromatic N) is 6. The van der Waals surface area contributed by atoms with Crippen molar-refractivity contribution in [1.82, 2.24) is 30.0 Å². The predicted molar refractivity (Wildman–Crippen MR) is 111 cm³/mol. The highest BCUT2D eigenvalue weighted by molar-refractivity contribution is 5.76. The first-order valence-corrected chi connectivity index (χ1v) is 11.2. The zero-order chi connectivity index (χ0) is 23.1. The van der Waals surface area contributed by atoms with E-state index in [0.717, 1.165) is 25.9 Å². The van der Waals surface area contributed by atoms with Gasteiger partial charge in [0.15, 0.2) is 0 Å². The molecule has 1 saturated carbocycles. The lowest BCUT2D eigenvalue weighted by Gasteiger charge is -2.40. The number of aromatic nitrogens is 4. The fourth-order valence-corrected chi connectivity index (χ4v) is 4.41. The summed E-state index contributed by atoms with van der Waals surface area (Å²) in [5.41, 5.74) is 0.723. The minimum Gasteiger partial charge on any atom is -0.339 e. The van der Waals surface area contributed by atoms with Gasteiger partial charge in [0.25, 0.3) is 12.9 Å². The van der Waals surface area contributed by atoms with E-state index in [4.69, 9.17) is 0 Å². The van der Waals surface area contributed by atoms with Crippen LogP contribution in [0.1, 0.15) is 42.9 Å². The molecule has 1 N–H and O–H groups in total. The molecule has 3 fully saturated rings. The van der Waals surface area contributed by atoms with E-state index in [-0.39, 0.29) is 30.7 Å². The molecule has 178 valence electrons. The van der Waals surface area contributed by atoms with Crippen molar-refractivity contribution in [3.05, 3.63) is 23.7 Å². The number of rotatable bonds is 7. The molecule has 2 saturated heterocycles. The Hall–Kier alpha value is -2.76. The Labute approximate surface area is 188 Å². The van der Waals surface area contributed by atoms with Gasteiger partial charge in [-0.15, -0.1) is 0 Å². The van der Waals surface area contributed by atoms with Gasteiger partial charge < -0.3 is 15.1 Å². The summed E-state index contributed by atoms with van der Waals surface area (Å²) in [6.07, 6.45) is -0.619. The third-order valence-electron chi connectivity index (χ3n) is 6.44. The number of anilines is 1. The van der Waals surface area contributed by atoms with E-state index in [1.807, 2.05) is 0 Å². The summed E-state index contributed by atoms with van der Waals surface area (Å²) in [5, 5.41) is 7.43. The summed E-state index contributed by atoms with van der Waals surface area (Å²) >= 11 is 0. The number of carbonyl (C=O) groups is 1. The quantitative estimate of drug-likeness (QED) is 0.631. The minimum atomic E-state index is -2.85. The fourth-order valence-electron chi connectivity index (χ4n) is 4.41. The topological polar surface area (TPSA) is 79.2 Å². The van der Waals surface area contributed by atoms with Crippen molar-refractivity contribution < 1.29 is 22.4 Å². The largest absolute Gasteiger partial charge is 0.339 e. The predicted octanol–water partition coefficient (Wildman–Crippen LogP) is 2.43. The number of nitrogens with one attached hydrogen (secondary N) is 1. The molecule has 4 heterocycles. The molecular weight excluding hydrogens is 442 g/mol. The molecule has 0 bridgehead atoms. The van der Waals surface area contributed by atoms with Gasteiger partial charge in [-0.1, -0.05) is 0 Å². The third kappa shape index (κ3) is 4.40. The Morgan fingerprint density at radius 3 is 2.45 bits per heavy atom. The van der Waals surface area contributed by atoms with Gasteiger partial charge in [-0.05, 0) is 25.2 Å². The van der Waals surface area contributed by atoms with Crippen LogP contribution in [-0.2, 0) is 11.3 Å². The molecule has 0 unspecified atom stereocenters. The Balaban J connectivity index is 1.47. The number of hydrogen-bond acceptors (Lipinski definition) is 6. The Bertz CT molecular complexity index is 1020. The van der Waals surface area contributed by atoms with Crippen LogP contribution in [0.3, 0.4) is 0 Å². The second-order valence-electron chi connectivity index (χ2n) is 8.69. The Morgan fingerprint density at radius 2 is 1.85 bits per heavy atom. The van der Waals surface area contributed by atoms with Gasteiger partial charge in [-0.2, -0.15) is 5.10 Å². The monoisotopic (exact) mass is 467 g/mol. The van der Waals surface area contributed by atoms with Crippen LogP contribution in [0.4, 0.5) is 23.5 Å². The van der Waals surface area contributed by atoms with Crippen LogP contribution >= 0.6 is 0 Å². The number of halogens is 4. The molecule has 33 heavy (non-hydrogen) atoms. The highest BCUT2D eigenvalue weighted by Crippen LogP contribution is 2.48. The number of piperazine rings is 1. The van der Waals surface area contributed by atoms with E-state index in [1.165, 1.54) is 15.8 Å². The standard InChI is InChI=1S/C21H25F4N7O/c22-19(23)14-3-6-32(14)21-28-17(16(12-1-2-12)18(29-21)20(24)25)13-9-27-31(10-13)11-15(33)30-7-4-26-5-8-30/h9-10,12,14,19-20,26H,1-8,11H2/t14-/m1/s1. The van der Waals surface area contributed by atoms with E-state index in [1.54, 1.807) is 11.1 Å². The molecular formula is C21H25F4N7O. The first-order chi connectivity index (χ1) is 15.9. The lowest BCUT2D eigenvalue weighted by molar-refractivity contribution is -0.132. The van der Waals surface area contributed by atoms with E-state index in [2.05, 4.69) is 20.4 Å². The van der Waals surface area contributed by atoms with Crippen LogP contribution in [0.5, 0.6) is 0 Å². The summed E-state index contributed by atoms with van der Waals surface area (Å²) < 4.78 is 56.0. The van der Waals surface area contributed by atoms with Crippen molar-refractivity contribution in [1.29, 1.82) is 0 Å². The van der Waals surface area contributed by atoms with Gasteiger partial charge in [-0.3, -0.25) is 9.48 Å². The van der Waals surface area contributed by atoms with Crippen molar-refractivity contribution in [2.75, 3.05) is 37.6 Å². The minimum absolute atomic E-state index is 0.0258. The fraction of sp³-hybridized carbons (Fsp3) is 0.619. The molecule has 2 aromatic rings. The van der Waals surface area contributed by atoms with Gasteiger partial charge in [0.05, 0.1) is 17.9 Å². The van der Waals surface area contributed by atoms with Crippen LogP contribution in [0.15, 0.2) is 12.4 Å². The summed E-state index contributed by atoms with van der Waals surface area (Å²) in [7, 11) is 0. The lowest BCUT2D eigenvalue weighted by atomic mass is 10.0. The highest BCUT2D eigenvalue weighted by Gasteiger charge is 2.40. The summed E-state index contributed by atoms with van der Waals surface area (Å²) in [6.45, 7) is 3.02. The average Bonchev–Trinajstić information content (AvgIpc) is 3.50. The van der Waals surface area contributed by atoms with Crippen molar-refractivity contribution in [2.24, 2.45) is 0 Å². The molecule has 1 amide bonds. The second kappa shape index (κ2) is 8.88. The SMILES string of the molecule is O=C(Cn1cc(-c2nc(N3CC[C@@H]3C(F)F)nc(C(F)F)c2C2CC2)cn1)N1CCNCC1. The van der Waals surface area contributed by atoms with Gasteiger partial charge in [0.2, 0.25) is 11.9 Å². The maximum Gasteiger partial charge on any atom is 0.280 e. The van der Waals surface area contributed by atoms with E-state index in [9.17, 15) is 22.4 Å². The van der Waals surface area contributed by atoms with E-state index < -0.39 is 24.6 Å². The van der Waals surface area contributed by atoms with Crippen LogP contribution < -0.4 is 10.2 Å². The maximum absolute atomic E-state index is 14.0. The van der Waals surface area contributed by atoms with Gasteiger partial charge in [0, 0.05) is 50.0 Å². The molecule has 12 heteroatoms. The molecule has 2 aliphatic heterocycles. The zero-order valence-corrected chi connectivity index (χ0v) is 17.9. The number of amides is 1. The van der Waals surface area contributed by atoms with Crippen LogP contribution in [0.2, 0.25) is 0 Å². The first-order valence-electron chi connectivity index (χ1n) is 11.2. The summed E-state index contributed by atoms with van der Waals surface area (Å²) in [4.78, 5) is 24.1. The molecule has 3 aliphatic rings. The first kappa shape index (κ1) is 22.1. The molecule has 0 radical (unpaired) electrons. The normalized spacial score (nSPS) is 21.1. The van der Waals surface area contributed by atoms with Gasteiger partial charge in [-0.25, -0.2) is 27.5 Å². The second-order valence-corrected chi connectivity index (χ2v) is 8.69. The van der Waals surface area contributed by atoms with E-state index in [0.29, 0.717) is 36.5 Å². The van der Waals surface area contributed by atoms with Crippen molar-refractivity contribution in [3.63, 3.8) is 0 Å². The molecule has 5 rings (SSSR count). The van der Waals surface area contributed by atoms with Gasteiger partial charge >= 0.3 is 0 Å². The highest BCUT2D eigenvalue weighted by atomic mass is 19.3. The molecule has 8 nitrogen and oxygen atoms in total. The number of carbonyl (C=O) groups excluding carboxylic acids is 1. The molecule has 1 atom stereocenters. The summed E-state index contributed by atoms with van der Waals surface area (Å²) in [6, 6.07) is -1.07.